The average molecular weight is 404 g/mol. The molecule has 2 aromatic rings. The van der Waals surface area contributed by atoms with E-state index < -0.39 is 18.1 Å². The molecule has 0 saturated heterocycles. The first-order valence-corrected chi connectivity index (χ1v) is 10.0. The minimum atomic E-state index is -0.877. The van der Waals surface area contributed by atoms with Gasteiger partial charge in [0, 0.05) is 7.05 Å². The number of anilines is 1. The number of likely N-dealkylation sites (N-methyl/N-ethyl adjacent to an activating group) is 1. The van der Waals surface area contributed by atoms with Gasteiger partial charge in [-0.05, 0) is 32.1 Å². The van der Waals surface area contributed by atoms with Crippen molar-refractivity contribution in [2.45, 2.75) is 64.1 Å². The van der Waals surface area contributed by atoms with Crippen LogP contribution in [0.2, 0.25) is 0 Å². The quantitative estimate of drug-likeness (QED) is 0.524. The lowest BCUT2D eigenvalue weighted by molar-refractivity contribution is -0.154. The number of aromatic nitrogens is 4. The lowest BCUT2D eigenvalue weighted by Gasteiger charge is -2.27. The second kappa shape index (κ2) is 9.53. The Morgan fingerprint density at radius 2 is 2.07 bits per heavy atom. The van der Waals surface area contributed by atoms with Crippen molar-refractivity contribution in [2.75, 3.05) is 19.4 Å². The van der Waals surface area contributed by atoms with Crippen LogP contribution in [0.15, 0.2) is 12.7 Å². The third-order valence-corrected chi connectivity index (χ3v) is 5.14. The molecule has 0 bridgehead atoms. The Balaban J connectivity index is 1.79. The number of esters is 1. The topological polar surface area (TPSA) is 125 Å². The maximum absolute atomic E-state index is 12.9. The monoisotopic (exact) mass is 404 g/mol. The summed E-state index contributed by atoms with van der Waals surface area (Å²) in [6, 6.07) is -0.877. The zero-order valence-electron chi connectivity index (χ0n) is 16.9. The minimum absolute atomic E-state index is 0.105. The van der Waals surface area contributed by atoms with Crippen LogP contribution in [-0.4, -0.2) is 62.3 Å². The first kappa shape index (κ1) is 20.8. The third-order valence-electron chi connectivity index (χ3n) is 5.14. The molecule has 2 aromatic heterocycles. The molecule has 10 heteroatoms. The van der Waals surface area contributed by atoms with E-state index in [0.717, 1.165) is 38.5 Å². The summed E-state index contributed by atoms with van der Waals surface area (Å²) in [7, 11) is 1.54. The summed E-state index contributed by atoms with van der Waals surface area (Å²) in [5, 5.41) is 0. The first-order valence-electron chi connectivity index (χ1n) is 10.0. The Morgan fingerprint density at radius 1 is 1.31 bits per heavy atom. The number of amides is 1. The normalized spacial score (nSPS) is 15.4. The van der Waals surface area contributed by atoms with Gasteiger partial charge >= 0.3 is 12.1 Å². The predicted molar refractivity (Wildman–Crippen MR) is 106 cm³/mol. The van der Waals surface area contributed by atoms with E-state index in [2.05, 4.69) is 15.0 Å². The number of imidazole rings is 1. The highest BCUT2D eigenvalue weighted by Crippen LogP contribution is 2.23. The van der Waals surface area contributed by atoms with Crippen molar-refractivity contribution in [2.24, 2.45) is 0 Å². The molecule has 1 fully saturated rings. The van der Waals surface area contributed by atoms with E-state index in [-0.39, 0.29) is 18.5 Å². The maximum atomic E-state index is 12.9. The number of rotatable bonds is 8. The van der Waals surface area contributed by atoms with Crippen LogP contribution < -0.4 is 5.73 Å². The van der Waals surface area contributed by atoms with Gasteiger partial charge in [0.2, 0.25) is 0 Å². The van der Waals surface area contributed by atoms with E-state index in [1.807, 2.05) is 6.92 Å². The number of fused-ring (bicyclic) bond motifs is 1. The van der Waals surface area contributed by atoms with E-state index >= 15 is 0 Å². The second-order valence-electron chi connectivity index (χ2n) is 7.27. The van der Waals surface area contributed by atoms with E-state index in [1.54, 1.807) is 4.57 Å². The number of unbranched alkanes of at least 4 members (excludes halogenated alkanes) is 1. The SMILES string of the molecule is CCCCOC(=O)N(C)C(Cn1cnc2c(N)ncnc21)C(=O)OC1CCCC1. The lowest BCUT2D eigenvalue weighted by Crippen LogP contribution is -2.47. The number of nitrogen functional groups attached to an aromatic ring is 1. The van der Waals surface area contributed by atoms with Gasteiger partial charge in [0.1, 0.15) is 17.9 Å². The van der Waals surface area contributed by atoms with Crippen molar-refractivity contribution >= 4 is 29.0 Å². The fourth-order valence-corrected chi connectivity index (χ4v) is 3.36. The molecule has 0 radical (unpaired) electrons. The van der Waals surface area contributed by atoms with Gasteiger partial charge in [0.05, 0.1) is 19.5 Å². The molecular weight excluding hydrogens is 376 g/mol. The summed E-state index contributed by atoms with van der Waals surface area (Å²) in [5.41, 5.74) is 6.78. The fourth-order valence-electron chi connectivity index (χ4n) is 3.36. The van der Waals surface area contributed by atoms with Crippen LogP contribution in [-0.2, 0) is 20.8 Å². The van der Waals surface area contributed by atoms with Crippen LogP contribution in [0.25, 0.3) is 11.2 Å². The molecule has 1 aliphatic rings. The molecule has 2 N–H and O–H groups in total. The Labute approximate surface area is 169 Å². The number of ether oxygens (including phenoxy) is 2. The molecule has 2 heterocycles. The molecular formula is C19H28N6O4. The van der Waals surface area contributed by atoms with Crippen LogP contribution in [0.3, 0.4) is 0 Å². The molecule has 0 spiro atoms. The maximum Gasteiger partial charge on any atom is 0.410 e. The predicted octanol–water partition coefficient (Wildman–Crippen LogP) is 2.13. The largest absolute Gasteiger partial charge is 0.461 e. The molecule has 1 saturated carbocycles. The van der Waals surface area contributed by atoms with E-state index in [0.29, 0.717) is 17.8 Å². The highest BCUT2D eigenvalue weighted by atomic mass is 16.6. The Morgan fingerprint density at radius 3 is 2.79 bits per heavy atom. The molecule has 0 aromatic carbocycles. The van der Waals surface area contributed by atoms with Crippen molar-refractivity contribution in [3.63, 3.8) is 0 Å². The molecule has 1 aliphatic carbocycles. The molecule has 158 valence electrons. The first-order chi connectivity index (χ1) is 14.0. The number of carbonyl (C=O) groups is 2. The Hall–Kier alpha value is -2.91. The zero-order valence-corrected chi connectivity index (χ0v) is 16.9. The van der Waals surface area contributed by atoms with Gasteiger partial charge in [-0.2, -0.15) is 0 Å². The second-order valence-corrected chi connectivity index (χ2v) is 7.27. The molecule has 29 heavy (non-hydrogen) atoms. The van der Waals surface area contributed by atoms with Crippen molar-refractivity contribution in [1.29, 1.82) is 0 Å². The highest BCUT2D eigenvalue weighted by molar-refractivity contribution is 5.83. The summed E-state index contributed by atoms with van der Waals surface area (Å²) in [6.07, 6.45) is 7.65. The van der Waals surface area contributed by atoms with Crippen LogP contribution >= 0.6 is 0 Å². The summed E-state index contributed by atoms with van der Waals surface area (Å²) >= 11 is 0. The lowest BCUT2D eigenvalue weighted by atomic mass is 10.2. The summed E-state index contributed by atoms with van der Waals surface area (Å²) in [6.45, 7) is 2.44. The van der Waals surface area contributed by atoms with Gasteiger partial charge < -0.3 is 19.8 Å². The standard InChI is InChI=1S/C19H28N6O4/c1-3-4-9-28-19(27)24(2)14(18(26)29-13-7-5-6-8-13)10-25-12-23-15-16(20)21-11-22-17(15)25/h11-14H,3-10H2,1-2H3,(H2,20,21,22). The van der Waals surface area contributed by atoms with Gasteiger partial charge in [-0.15, -0.1) is 0 Å². The number of hydrogen-bond donors (Lipinski definition) is 1. The molecule has 10 nitrogen and oxygen atoms in total. The number of nitrogens with zero attached hydrogens (tertiary/aromatic N) is 5. The zero-order chi connectivity index (χ0) is 20.8. The molecule has 1 atom stereocenters. The van der Waals surface area contributed by atoms with Crippen LogP contribution in [0.4, 0.5) is 10.6 Å². The van der Waals surface area contributed by atoms with Crippen molar-refractivity contribution < 1.29 is 19.1 Å². The molecule has 0 aliphatic heterocycles. The summed E-state index contributed by atoms with van der Waals surface area (Å²) < 4.78 is 12.6. The molecule has 3 rings (SSSR count). The van der Waals surface area contributed by atoms with Crippen LogP contribution in [0.1, 0.15) is 45.4 Å². The summed E-state index contributed by atoms with van der Waals surface area (Å²) in [5.74, 6) is -0.207. The van der Waals surface area contributed by atoms with Gasteiger partial charge in [-0.3, -0.25) is 4.90 Å². The molecule has 1 amide bonds. The van der Waals surface area contributed by atoms with Crippen molar-refractivity contribution in [3.05, 3.63) is 12.7 Å². The van der Waals surface area contributed by atoms with Gasteiger partial charge in [-0.1, -0.05) is 13.3 Å². The van der Waals surface area contributed by atoms with E-state index in [1.165, 1.54) is 24.6 Å². The highest BCUT2D eigenvalue weighted by Gasteiger charge is 2.33. The van der Waals surface area contributed by atoms with Gasteiger partial charge in [-0.25, -0.2) is 24.5 Å². The molecule has 1 unspecified atom stereocenters. The number of nitrogens with two attached hydrogens (primary N) is 1. The van der Waals surface area contributed by atoms with Gasteiger partial charge in [0.25, 0.3) is 0 Å². The minimum Gasteiger partial charge on any atom is -0.461 e. The Kier molecular flexibility index (Phi) is 6.84. The van der Waals surface area contributed by atoms with Crippen LogP contribution in [0, 0.1) is 0 Å². The smallest absolute Gasteiger partial charge is 0.410 e. The average Bonchev–Trinajstić information content (AvgIpc) is 3.36. The number of carbonyl (C=O) groups excluding carboxylic acids is 2. The van der Waals surface area contributed by atoms with E-state index in [4.69, 9.17) is 15.2 Å². The van der Waals surface area contributed by atoms with Crippen molar-refractivity contribution in [1.82, 2.24) is 24.4 Å². The van der Waals surface area contributed by atoms with Crippen molar-refractivity contribution in [3.8, 4) is 0 Å². The third kappa shape index (κ3) is 4.93. The number of hydrogen-bond acceptors (Lipinski definition) is 8. The van der Waals surface area contributed by atoms with Gasteiger partial charge in [0.15, 0.2) is 17.5 Å². The summed E-state index contributed by atoms with van der Waals surface area (Å²) in [4.78, 5) is 39.0. The van der Waals surface area contributed by atoms with E-state index in [9.17, 15) is 9.59 Å². The van der Waals surface area contributed by atoms with Crippen LogP contribution in [0.5, 0.6) is 0 Å². The Bertz CT molecular complexity index is 848. The fraction of sp³-hybridized carbons (Fsp3) is 0.632.